The Bertz CT molecular complexity index is 734. The van der Waals surface area contributed by atoms with Crippen molar-refractivity contribution in [2.75, 3.05) is 53.9 Å². The minimum Gasteiger partial charge on any atom is -0.496 e. The number of rotatable bonds is 9. The van der Waals surface area contributed by atoms with E-state index in [0.717, 1.165) is 42.8 Å². The second-order valence-corrected chi connectivity index (χ2v) is 9.51. The van der Waals surface area contributed by atoms with Gasteiger partial charge in [0.2, 0.25) is 10.0 Å². The molecule has 1 aliphatic rings. The molecule has 0 spiro atoms. The van der Waals surface area contributed by atoms with E-state index in [-0.39, 0.29) is 0 Å². The second-order valence-electron chi connectivity index (χ2n) is 7.61. The number of likely N-dealkylation sites (tertiary alicyclic amines) is 1. The van der Waals surface area contributed by atoms with Crippen LogP contribution in [0.15, 0.2) is 17.0 Å². The number of nitrogens with zero attached hydrogens (tertiary/aromatic N) is 3. The molecule has 154 valence electrons. The fourth-order valence-electron chi connectivity index (χ4n) is 3.79. The third-order valence-electron chi connectivity index (χ3n) is 5.64. The molecule has 27 heavy (non-hydrogen) atoms. The highest BCUT2D eigenvalue weighted by Gasteiger charge is 2.32. The first-order valence-corrected chi connectivity index (χ1v) is 11.2. The van der Waals surface area contributed by atoms with Crippen molar-refractivity contribution in [3.05, 3.63) is 23.3 Å². The monoisotopic (exact) mass is 397 g/mol. The number of ether oxygens (including phenoxy) is 1. The molecule has 7 heteroatoms. The Hall–Kier alpha value is -1.15. The molecule has 0 N–H and O–H groups in total. The van der Waals surface area contributed by atoms with Crippen LogP contribution < -0.4 is 4.74 Å². The summed E-state index contributed by atoms with van der Waals surface area (Å²) in [5.74, 6) is 0.722. The average Bonchev–Trinajstić information content (AvgIpc) is 3.07. The number of hydrogen-bond acceptors (Lipinski definition) is 5. The fraction of sp³-hybridized carbons (Fsp3) is 0.700. The standard InChI is InChI=1S/C20H35N3O3S/c1-7-22-12-8-9-18(22)15-23(14-13-21(4)5)27(24,25)20-11-10-19(26-6)16(2)17(20)3/h10-11,18H,7-9,12-15H2,1-6H3. The first-order valence-electron chi connectivity index (χ1n) is 9.75. The van der Waals surface area contributed by atoms with Crippen LogP contribution in [0.1, 0.15) is 30.9 Å². The van der Waals surface area contributed by atoms with E-state index in [2.05, 4.69) is 11.8 Å². The average molecular weight is 398 g/mol. The van der Waals surface area contributed by atoms with E-state index in [9.17, 15) is 8.42 Å². The molecule has 0 aromatic heterocycles. The van der Waals surface area contributed by atoms with Gasteiger partial charge in [0.05, 0.1) is 12.0 Å². The van der Waals surface area contributed by atoms with Crippen molar-refractivity contribution in [2.45, 2.75) is 44.6 Å². The Morgan fingerprint density at radius 2 is 1.89 bits per heavy atom. The first kappa shape index (κ1) is 22.1. The summed E-state index contributed by atoms with van der Waals surface area (Å²) < 4.78 is 34.1. The maximum atomic E-state index is 13.5. The highest BCUT2D eigenvalue weighted by Crippen LogP contribution is 2.29. The molecule has 0 amide bonds. The quantitative estimate of drug-likeness (QED) is 0.640. The van der Waals surface area contributed by atoms with E-state index < -0.39 is 10.0 Å². The molecule has 1 aliphatic heterocycles. The van der Waals surface area contributed by atoms with Gasteiger partial charge in [0, 0.05) is 25.7 Å². The van der Waals surface area contributed by atoms with Gasteiger partial charge in [0.1, 0.15) is 5.75 Å². The zero-order valence-electron chi connectivity index (χ0n) is 17.7. The molecule has 0 saturated carbocycles. The van der Waals surface area contributed by atoms with Crippen LogP contribution in [0.5, 0.6) is 5.75 Å². The van der Waals surface area contributed by atoms with Crippen molar-refractivity contribution >= 4 is 10.0 Å². The lowest BCUT2D eigenvalue weighted by Crippen LogP contribution is -2.45. The Balaban J connectivity index is 2.36. The van der Waals surface area contributed by atoms with E-state index in [1.807, 2.05) is 32.8 Å². The zero-order chi connectivity index (χ0) is 20.2. The lowest BCUT2D eigenvalue weighted by atomic mass is 10.1. The highest BCUT2D eigenvalue weighted by atomic mass is 32.2. The topological polar surface area (TPSA) is 53.1 Å². The Morgan fingerprint density at radius 1 is 1.19 bits per heavy atom. The van der Waals surface area contributed by atoms with Gasteiger partial charge in [-0.3, -0.25) is 4.90 Å². The maximum absolute atomic E-state index is 13.5. The van der Waals surface area contributed by atoms with Gasteiger partial charge in [0.25, 0.3) is 0 Å². The Morgan fingerprint density at radius 3 is 2.48 bits per heavy atom. The summed E-state index contributed by atoms with van der Waals surface area (Å²) >= 11 is 0. The molecule has 2 rings (SSSR count). The molecule has 1 atom stereocenters. The normalized spacial score (nSPS) is 18.6. The lowest BCUT2D eigenvalue weighted by molar-refractivity contribution is 0.220. The number of hydrogen-bond donors (Lipinski definition) is 0. The van der Waals surface area contributed by atoms with Crippen LogP contribution in [0.4, 0.5) is 0 Å². The summed E-state index contributed by atoms with van der Waals surface area (Å²) in [5.41, 5.74) is 1.64. The second kappa shape index (κ2) is 9.37. The van der Waals surface area contributed by atoms with Crippen LogP contribution in [0, 0.1) is 13.8 Å². The van der Waals surface area contributed by atoms with Gasteiger partial charge in [-0.05, 0) is 77.1 Å². The van der Waals surface area contributed by atoms with Crippen molar-refractivity contribution in [3.8, 4) is 5.75 Å². The molecule has 1 aromatic rings. The summed E-state index contributed by atoms with van der Waals surface area (Å²) in [6.07, 6.45) is 2.20. The Kier molecular flexibility index (Phi) is 7.68. The molecular formula is C20H35N3O3S. The summed E-state index contributed by atoms with van der Waals surface area (Å²) in [5, 5.41) is 0. The molecular weight excluding hydrogens is 362 g/mol. The van der Waals surface area contributed by atoms with E-state index in [1.165, 1.54) is 0 Å². The first-order chi connectivity index (χ1) is 12.7. The number of benzene rings is 1. The van der Waals surface area contributed by atoms with E-state index in [0.29, 0.717) is 30.6 Å². The van der Waals surface area contributed by atoms with Crippen LogP contribution in [0.2, 0.25) is 0 Å². The third-order valence-corrected chi connectivity index (χ3v) is 7.65. The van der Waals surface area contributed by atoms with Crippen LogP contribution in [-0.4, -0.2) is 82.5 Å². The highest BCUT2D eigenvalue weighted by molar-refractivity contribution is 7.89. The van der Waals surface area contributed by atoms with Crippen LogP contribution in [-0.2, 0) is 10.0 Å². The molecule has 1 heterocycles. The number of likely N-dealkylation sites (N-methyl/N-ethyl adjacent to an activating group) is 2. The van der Waals surface area contributed by atoms with Gasteiger partial charge in [0.15, 0.2) is 0 Å². The molecule has 6 nitrogen and oxygen atoms in total. The summed E-state index contributed by atoms with van der Waals surface area (Å²) in [4.78, 5) is 4.81. The molecule has 1 fully saturated rings. The van der Waals surface area contributed by atoms with Crippen molar-refractivity contribution in [1.29, 1.82) is 0 Å². The summed E-state index contributed by atoms with van der Waals surface area (Å²) in [6, 6.07) is 3.74. The van der Waals surface area contributed by atoms with E-state index in [4.69, 9.17) is 4.74 Å². The minimum atomic E-state index is -3.57. The van der Waals surface area contributed by atoms with Gasteiger partial charge in [-0.15, -0.1) is 0 Å². The summed E-state index contributed by atoms with van der Waals surface area (Å²) in [6.45, 7) is 9.69. The predicted molar refractivity (Wildman–Crippen MR) is 110 cm³/mol. The summed E-state index contributed by atoms with van der Waals surface area (Å²) in [7, 11) is 1.99. The smallest absolute Gasteiger partial charge is 0.243 e. The largest absolute Gasteiger partial charge is 0.496 e. The molecule has 1 unspecified atom stereocenters. The van der Waals surface area contributed by atoms with E-state index >= 15 is 0 Å². The van der Waals surface area contributed by atoms with Crippen LogP contribution in [0.25, 0.3) is 0 Å². The van der Waals surface area contributed by atoms with Crippen LogP contribution >= 0.6 is 0 Å². The Labute approximate surface area is 165 Å². The number of methoxy groups -OCH3 is 1. The SMILES string of the molecule is CCN1CCCC1CN(CCN(C)C)S(=O)(=O)c1ccc(OC)c(C)c1C. The zero-order valence-corrected chi connectivity index (χ0v) is 18.5. The van der Waals surface area contributed by atoms with Crippen LogP contribution in [0.3, 0.4) is 0 Å². The van der Waals surface area contributed by atoms with Gasteiger partial charge < -0.3 is 9.64 Å². The maximum Gasteiger partial charge on any atom is 0.243 e. The van der Waals surface area contributed by atoms with Gasteiger partial charge in [-0.2, -0.15) is 4.31 Å². The predicted octanol–water partition coefficient (Wildman–Crippen LogP) is 2.35. The molecule has 0 aliphatic carbocycles. The lowest BCUT2D eigenvalue weighted by Gasteiger charge is -2.31. The van der Waals surface area contributed by atoms with Gasteiger partial charge in [-0.1, -0.05) is 6.92 Å². The molecule has 0 bridgehead atoms. The molecule has 1 saturated heterocycles. The molecule has 1 aromatic carbocycles. The van der Waals surface area contributed by atoms with Crippen molar-refractivity contribution < 1.29 is 13.2 Å². The molecule has 0 radical (unpaired) electrons. The van der Waals surface area contributed by atoms with Crippen molar-refractivity contribution in [1.82, 2.24) is 14.1 Å². The van der Waals surface area contributed by atoms with Crippen molar-refractivity contribution in [2.24, 2.45) is 0 Å². The van der Waals surface area contributed by atoms with Gasteiger partial charge in [-0.25, -0.2) is 8.42 Å². The number of sulfonamides is 1. The van der Waals surface area contributed by atoms with Gasteiger partial charge >= 0.3 is 0 Å². The van der Waals surface area contributed by atoms with Crippen molar-refractivity contribution in [3.63, 3.8) is 0 Å². The third kappa shape index (κ3) is 5.02. The fourth-order valence-corrected chi connectivity index (χ4v) is 5.53. The minimum absolute atomic E-state index is 0.298. The van der Waals surface area contributed by atoms with E-state index in [1.54, 1.807) is 23.5 Å².